The third kappa shape index (κ3) is 4.08. The summed E-state index contributed by atoms with van der Waals surface area (Å²) in [6, 6.07) is 0. The first-order valence-corrected chi connectivity index (χ1v) is 14.9. The molecule has 0 aliphatic rings. The Hall–Kier alpha value is -0.380. The van der Waals surface area contributed by atoms with Gasteiger partial charge in [-0.05, 0) is 12.8 Å². The Morgan fingerprint density at radius 3 is 1.19 bits per heavy atom. The molecule has 4 nitrogen and oxygen atoms in total. The number of rotatable bonds is 4. The van der Waals surface area contributed by atoms with E-state index >= 15 is 0 Å². The minimum Gasteiger partial charge on any atom is -0.143 e. The van der Waals surface area contributed by atoms with Gasteiger partial charge in [-0.2, -0.15) is 0 Å². The minimum absolute atomic E-state index is 0.115. The van der Waals surface area contributed by atoms with E-state index < -0.39 is 0 Å². The van der Waals surface area contributed by atoms with E-state index in [1.807, 2.05) is 13.8 Å². The van der Waals surface area contributed by atoms with Crippen LogP contribution in [-0.2, 0) is 12.8 Å². The lowest BCUT2D eigenvalue weighted by Gasteiger charge is -2.19. The Morgan fingerprint density at radius 1 is 0.444 bits per heavy atom. The van der Waals surface area contributed by atoms with Crippen LogP contribution in [0.1, 0.15) is 23.9 Å². The van der Waals surface area contributed by atoms with Crippen molar-refractivity contribution >= 4 is 137 Å². The van der Waals surface area contributed by atoms with Gasteiger partial charge in [0.15, 0.2) is 10.0 Å². The zero-order chi connectivity index (χ0) is 26.0. The summed E-state index contributed by atoms with van der Waals surface area (Å²) in [7, 11) is 0. The van der Waals surface area contributed by atoms with Crippen LogP contribution in [0.2, 0.25) is 40.2 Å². The maximum atomic E-state index is 6.99. The molecule has 0 bridgehead atoms. The predicted octanol–water partition coefficient (Wildman–Crippen LogP) is 11.4. The van der Waals surface area contributed by atoms with Crippen LogP contribution in [0.15, 0.2) is 0 Å². The van der Waals surface area contributed by atoms with Gasteiger partial charge in [0.2, 0.25) is 0 Å². The molecule has 0 N–H and O–H groups in total. The fraction of sp³-hybridized carbons (Fsp3) is 0.182. The first kappa shape index (κ1) is 27.2. The molecule has 3 aromatic carbocycles. The lowest BCUT2D eigenvalue weighted by atomic mass is 9.97. The molecule has 14 heteroatoms. The lowest BCUT2D eigenvalue weighted by Crippen LogP contribution is -1.94. The van der Waals surface area contributed by atoms with E-state index in [-0.39, 0.29) is 40.2 Å². The average Bonchev–Trinajstić information content (AvgIpc) is 3.52. The van der Waals surface area contributed by atoms with Crippen molar-refractivity contribution < 1.29 is 0 Å². The quantitative estimate of drug-likeness (QED) is 0.140. The van der Waals surface area contributed by atoms with E-state index in [4.69, 9.17) is 92.8 Å². The number of nitrogens with zero attached hydrogens (tertiary/aromatic N) is 4. The Bertz CT molecular complexity index is 1710. The fourth-order valence-electron chi connectivity index (χ4n) is 3.79. The molecule has 36 heavy (non-hydrogen) atoms. The van der Waals surface area contributed by atoms with E-state index in [1.165, 1.54) is 22.7 Å². The summed E-state index contributed by atoms with van der Waals surface area (Å²) in [5.41, 5.74) is 0.801. The van der Waals surface area contributed by atoms with Crippen molar-refractivity contribution in [3.63, 3.8) is 0 Å². The molecule has 0 fully saturated rings. The summed E-state index contributed by atoms with van der Waals surface area (Å²) < 4.78 is 0. The Balaban J connectivity index is 1.99. The molecule has 5 rings (SSSR count). The van der Waals surface area contributed by atoms with Gasteiger partial charge in [-0.3, -0.25) is 0 Å². The van der Waals surface area contributed by atoms with Crippen LogP contribution in [0.4, 0.5) is 0 Å². The van der Waals surface area contributed by atoms with Crippen LogP contribution in [0, 0.1) is 0 Å². The maximum Gasteiger partial charge on any atom is 0.150 e. The molecule has 0 radical (unpaired) electrons. The topological polar surface area (TPSA) is 51.6 Å². The summed E-state index contributed by atoms with van der Waals surface area (Å²) in [5.74, 6) is 0. The van der Waals surface area contributed by atoms with Crippen LogP contribution in [-0.4, -0.2) is 20.4 Å². The lowest BCUT2D eigenvalue weighted by molar-refractivity contribution is 0.986. The van der Waals surface area contributed by atoms with Gasteiger partial charge in [0, 0.05) is 21.5 Å². The van der Waals surface area contributed by atoms with Crippen LogP contribution in [0.5, 0.6) is 0 Å². The number of aryl methyl sites for hydroxylation is 2. The van der Waals surface area contributed by atoms with Crippen LogP contribution in [0.25, 0.3) is 42.7 Å². The van der Waals surface area contributed by atoms with Gasteiger partial charge < -0.3 is 0 Å². The van der Waals surface area contributed by atoms with Crippen molar-refractivity contribution in [3.05, 3.63) is 50.2 Å². The van der Waals surface area contributed by atoms with Gasteiger partial charge in [0.1, 0.15) is 10.0 Å². The van der Waals surface area contributed by atoms with Crippen LogP contribution < -0.4 is 0 Å². The molecule has 0 atom stereocenters. The van der Waals surface area contributed by atoms with Gasteiger partial charge in [-0.1, -0.05) is 129 Å². The number of hydrogen-bond acceptors (Lipinski definition) is 6. The molecule has 186 valence electrons. The summed E-state index contributed by atoms with van der Waals surface area (Å²) in [5, 5.41) is 22.2. The minimum atomic E-state index is 0.115. The number of fused-ring (bicyclic) bond motifs is 3. The van der Waals surface area contributed by atoms with Crippen LogP contribution >= 0.6 is 115 Å². The average molecular weight is 678 g/mol. The Labute approximate surface area is 253 Å². The zero-order valence-electron chi connectivity index (χ0n) is 18.0. The Morgan fingerprint density at radius 2 is 0.778 bits per heavy atom. The van der Waals surface area contributed by atoms with Crippen molar-refractivity contribution in [1.82, 2.24) is 20.4 Å². The van der Waals surface area contributed by atoms with Crippen molar-refractivity contribution in [2.45, 2.75) is 26.7 Å². The largest absolute Gasteiger partial charge is 0.150 e. The zero-order valence-corrected chi connectivity index (χ0v) is 25.7. The van der Waals surface area contributed by atoms with Gasteiger partial charge in [0.25, 0.3) is 0 Å². The highest BCUT2D eigenvalue weighted by Crippen LogP contribution is 2.57. The number of halogens is 8. The van der Waals surface area contributed by atoms with E-state index in [0.717, 1.165) is 10.0 Å². The first-order valence-electron chi connectivity index (χ1n) is 10.2. The number of benzene rings is 3. The molecule has 2 aromatic heterocycles. The Kier molecular flexibility index (Phi) is 7.79. The molecule has 0 aliphatic heterocycles. The smallest absolute Gasteiger partial charge is 0.143 e. The van der Waals surface area contributed by atoms with Crippen molar-refractivity contribution in [2.24, 2.45) is 0 Å². The standard InChI is InChI=1S/C22H10Cl8N4S2/c1-3-5-31-33-21(35-5)11-13(23)7-8-9(16(26)17(27)10(7)18(28)20(11)30)14(24)12(19(29)15(8)25)22-34-32-6(4-2)36-22/h3-4H2,1-2H3. The van der Waals surface area contributed by atoms with Gasteiger partial charge in [-0.25, -0.2) is 0 Å². The van der Waals surface area contributed by atoms with E-state index in [9.17, 15) is 0 Å². The maximum absolute atomic E-state index is 6.99. The van der Waals surface area contributed by atoms with Crippen LogP contribution in [0.3, 0.4) is 0 Å². The fourth-order valence-corrected chi connectivity index (χ4v) is 8.32. The molecule has 0 unspecified atom stereocenters. The molecule has 0 aliphatic carbocycles. The summed E-state index contributed by atoms with van der Waals surface area (Å²) in [6.45, 7) is 3.94. The molecular weight excluding hydrogens is 668 g/mol. The summed E-state index contributed by atoms with van der Waals surface area (Å²) >= 11 is 57.2. The second-order valence-corrected chi connectivity index (χ2v) is 12.6. The second-order valence-electron chi connectivity index (χ2n) is 7.47. The number of hydrogen-bond donors (Lipinski definition) is 0. The highest BCUT2D eigenvalue weighted by Gasteiger charge is 2.30. The van der Waals surface area contributed by atoms with Crippen molar-refractivity contribution in [1.29, 1.82) is 0 Å². The molecular formula is C22H10Cl8N4S2. The summed E-state index contributed by atoms with van der Waals surface area (Å²) in [4.78, 5) is 0. The van der Waals surface area contributed by atoms with Gasteiger partial charge >= 0.3 is 0 Å². The van der Waals surface area contributed by atoms with Gasteiger partial charge in [-0.15, -0.1) is 20.4 Å². The third-order valence-corrected chi connectivity index (χ3v) is 11.0. The third-order valence-electron chi connectivity index (χ3n) is 5.49. The molecule has 0 spiro atoms. The molecule has 2 heterocycles. The predicted molar refractivity (Wildman–Crippen MR) is 158 cm³/mol. The van der Waals surface area contributed by atoms with E-state index in [0.29, 0.717) is 55.5 Å². The summed E-state index contributed by atoms with van der Waals surface area (Å²) in [6.07, 6.45) is 1.40. The van der Waals surface area contributed by atoms with E-state index in [1.54, 1.807) is 0 Å². The van der Waals surface area contributed by atoms with Crippen molar-refractivity contribution in [3.8, 4) is 21.1 Å². The second kappa shape index (κ2) is 10.3. The van der Waals surface area contributed by atoms with E-state index in [2.05, 4.69) is 20.4 Å². The molecule has 5 aromatic rings. The van der Waals surface area contributed by atoms with Crippen molar-refractivity contribution in [2.75, 3.05) is 0 Å². The number of aromatic nitrogens is 4. The SMILES string of the molecule is CCc1nnc(-c2c(Cl)c(Cl)c3c(c2Cl)c(Cl)c(Cl)c2c(Cl)c(Cl)c(-c4nnc(CC)s4)c(Cl)c23)s1. The van der Waals surface area contributed by atoms with Gasteiger partial charge in [0.05, 0.1) is 51.3 Å². The first-order chi connectivity index (χ1) is 17.1. The molecule has 0 saturated carbocycles. The highest BCUT2D eigenvalue weighted by atomic mass is 35.5. The normalized spacial score (nSPS) is 11.8. The highest BCUT2D eigenvalue weighted by molar-refractivity contribution is 7.15. The molecule has 0 saturated heterocycles. The monoisotopic (exact) mass is 674 g/mol. The molecule has 0 amide bonds.